The predicted octanol–water partition coefficient (Wildman–Crippen LogP) is 1.95. The van der Waals surface area contributed by atoms with Gasteiger partial charge in [-0.1, -0.05) is 18.5 Å². The lowest BCUT2D eigenvalue weighted by Crippen LogP contribution is -2.17. The third kappa shape index (κ3) is 5.14. The van der Waals surface area contributed by atoms with Crippen molar-refractivity contribution in [3.8, 4) is 0 Å². The second kappa shape index (κ2) is 5.97. The summed E-state index contributed by atoms with van der Waals surface area (Å²) in [5.41, 5.74) is 5.70. The van der Waals surface area contributed by atoms with Crippen LogP contribution in [0.5, 0.6) is 0 Å². The fraction of sp³-hybridized carbons (Fsp3) is 0.778. The molecule has 17 heavy (non-hydrogen) atoms. The van der Waals surface area contributed by atoms with Crippen LogP contribution in [0.1, 0.15) is 37.5 Å². The van der Waals surface area contributed by atoms with Gasteiger partial charge in [0.25, 0.3) is 0 Å². The van der Waals surface area contributed by atoms with E-state index < -0.39 is 12.8 Å². The Balaban J connectivity index is 2.40. The Morgan fingerprint density at radius 2 is 2.18 bits per heavy atom. The maximum absolute atomic E-state index is 11.8. The first-order valence-corrected chi connectivity index (χ1v) is 5.15. The number of hydrogen-bond acceptors (Lipinski definition) is 5. The van der Waals surface area contributed by atoms with Crippen LogP contribution in [0.2, 0.25) is 0 Å². The minimum absolute atomic E-state index is 0.0656. The van der Waals surface area contributed by atoms with Crippen molar-refractivity contribution >= 4 is 0 Å². The minimum Gasteiger partial charge on any atom is -0.364 e. The first-order chi connectivity index (χ1) is 7.92. The van der Waals surface area contributed by atoms with Gasteiger partial charge in [-0.25, -0.2) is 0 Å². The summed E-state index contributed by atoms with van der Waals surface area (Å²) in [5, 5.41) is 3.48. The Labute approximate surface area is 96.1 Å². The molecule has 1 aromatic heterocycles. The quantitative estimate of drug-likeness (QED) is 0.838. The van der Waals surface area contributed by atoms with Gasteiger partial charge in [0.15, 0.2) is 5.82 Å². The van der Waals surface area contributed by atoms with E-state index in [9.17, 15) is 13.2 Å². The van der Waals surface area contributed by atoms with Crippen molar-refractivity contribution in [2.75, 3.05) is 6.61 Å². The van der Waals surface area contributed by atoms with E-state index in [1.807, 2.05) is 6.92 Å². The molecule has 0 fully saturated rings. The molecule has 0 amide bonds. The highest BCUT2D eigenvalue weighted by molar-refractivity contribution is 4.90. The molecule has 0 aliphatic carbocycles. The Kier molecular flexibility index (Phi) is 4.88. The van der Waals surface area contributed by atoms with Crippen molar-refractivity contribution in [1.82, 2.24) is 10.1 Å². The summed E-state index contributed by atoms with van der Waals surface area (Å²) < 4.78 is 44.5. The zero-order valence-electron chi connectivity index (χ0n) is 9.33. The lowest BCUT2D eigenvalue weighted by molar-refractivity contribution is -0.177. The van der Waals surface area contributed by atoms with Crippen LogP contribution in [0.25, 0.3) is 0 Å². The number of ether oxygens (including phenoxy) is 1. The number of nitrogens with two attached hydrogens (primary N) is 1. The topological polar surface area (TPSA) is 74.2 Å². The Hall–Kier alpha value is -1.15. The molecule has 0 spiro atoms. The van der Waals surface area contributed by atoms with Gasteiger partial charge in [0, 0.05) is 0 Å². The Morgan fingerprint density at radius 1 is 1.47 bits per heavy atom. The third-order valence-electron chi connectivity index (χ3n) is 1.90. The molecular formula is C9H14F3N3O2. The van der Waals surface area contributed by atoms with E-state index in [0.717, 1.165) is 6.42 Å². The molecule has 0 aliphatic heterocycles. The van der Waals surface area contributed by atoms with Crippen LogP contribution in [-0.4, -0.2) is 22.9 Å². The second-order valence-electron chi connectivity index (χ2n) is 3.55. The molecule has 8 heteroatoms. The van der Waals surface area contributed by atoms with E-state index in [1.54, 1.807) is 0 Å². The molecule has 1 heterocycles. The van der Waals surface area contributed by atoms with Gasteiger partial charge in [-0.2, -0.15) is 18.2 Å². The first-order valence-electron chi connectivity index (χ1n) is 5.15. The number of nitrogens with zero attached hydrogens (tertiary/aromatic N) is 2. The van der Waals surface area contributed by atoms with Gasteiger partial charge < -0.3 is 15.0 Å². The molecule has 1 rings (SSSR count). The van der Waals surface area contributed by atoms with Crippen molar-refractivity contribution in [2.24, 2.45) is 5.73 Å². The molecule has 1 unspecified atom stereocenters. The van der Waals surface area contributed by atoms with E-state index in [0.29, 0.717) is 6.42 Å². The summed E-state index contributed by atoms with van der Waals surface area (Å²) in [6, 6.07) is -0.385. The van der Waals surface area contributed by atoms with Crippen LogP contribution in [0, 0.1) is 0 Å². The lowest BCUT2D eigenvalue weighted by Gasteiger charge is -2.05. The lowest BCUT2D eigenvalue weighted by atomic mass is 10.2. The molecular weight excluding hydrogens is 239 g/mol. The van der Waals surface area contributed by atoms with E-state index >= 15 is 0 Å². The van der Waals surface area contributed by atoms with Crippen LogP contribution >= 0.6 is 0 Å². The second-order valence-corrected chi connectivity index (χ2v) is 3.55. The van der Waals surface area contributed by atoms with Gasteiger partial charge in [-0.05, 0) is 6.42 Å². The number of aromatic nitrogens is 2. The normalized spacial score (nSPS) is 13.9. The zero-order chi connectivity index (χ0) is 12.9. The fourth-order valence-electron chi connectivity index (χ4n) is 1.17. The molecule has 0 radical (unpaired) electrons. The van der Waals surface area contributed by atoms with Crippen LogP contribution < -0.4 is 5.73 Å². The van der Waals surface area contributed by atoms with Crippen molar-refractivity contribution in [3.63, 3.8) is 0 Å². The van der Waals surface area contributed by atoms with Gasteiger partial charge in [-0.15, -0.1) is 0 Å². The summed E-state index contributed by atoms with van der Waals surface area (Å²) in [7, 11) is 0. The smallest absolute Gasteiger partial charge is 0.364 e. The van der Waals surface area contributed by atoms with E-state index in [4.69, 9.17) is 10.3 Å². The Bertz CT molecular complexity index is 340. The first kappa shape index (κ1) is 13.9. The van der Waals surface area contributed by atoms with E-state index in [2.05, 4.69) is 14.9 Å². The number of alkyl halides is 3. The summed E-state index contributed by atoms with van der Waals surface area (Å²) in [6.45, 7) is 0.267. The van der Waals surface area contributed by atoms with E-state index in [1.165, 1.54) is 0 Å². The number of halogens is 3. The highest BCUT2D eigenvalue weighted by Gasteiger charge is 2.27. The highest BCUT2D eigenvalue weighted by Crippen LogP contribution is 2.16. The van der Waals surface area contributed by atoms with Gasteiger partial charge in [0.2, 0.25) is 5.89 Å². The largest absolute Gasteiger partial charge is 0.411 e. The van der Waals surface area contributed by atoms with Crippen LogP contribution in [-0.2, 0) is 11.3 Å². The van der Waals surface area contributed by atoms with Gasteiger partial charge in [0.05, 0.1) is 6.04 Å². The SMILES string of the molecule is CCCC(N)c1nc(COCC(F)(F)F)no1. The molecule has 2 N–H and O–H groups in total. The molecule has 0 saturated carbocycles. The van der Waals surface area contributed by atoms with E-state index in [-0.39, 0.29) is 24.4 Å². The van der Waals surface area contributed by atoms with Crippen molar-refractivity contribution in [3.05, 3.63) is 11.7 Å². The molecule has 1 atom stereocenters. The molecule has 0 aliphatic rings. The maximum atomic E-state index is 11.8. The maximum Gasteiger partial charge on any atom is 0.411 e. The monoisotopic (exact) mass is 253 g/mol. The summed E-state index contributed by atoms with van der Waals surface area (Å²) in [6.07, 6.45) is -2.83. The fourth-order valence-corrected chi connectivity index (χ4v) is 1.17. The predicted molar refractivity (Wildman–Crippen MR) is 51.8 cm³/mol. The standard InChI is InChI=1S/C9H14F3N3O2/c1-2-3-6(13)8-14-7(15-17-8)4-16-5-9(10,11)12/h6H,2-5,13H2,1H3. The molecule has 1 aromatic rings. The molecule has 0 saturated heterocycles. The van der Waals surface area contributed by atoms with Crippen LogP contribution in [0.4, 0.5) is 13.2 Å². The summed E-state index contributed by atoms with van der Waals surface area (Å²) in [4.78, 5) is 3.85. The minimum atomic E-state index is -4.36. The number of hydrogen-bond donors (Lipinski definition) is 1. The van der Waals surface area contributed by atoms with Crippen molar-refractivity contribution in [1.29, 1.82) is 0 Å². The molecule has 98 valence electrons. The van der Waals surface area contributed by atoms with Crippen molar-refractivity contribution in [2.45, 2.75) is 38.6 Å². The molecule has 5 nitrogen and oxygen atoms in total. The highest BCUT2D eigenvalue weighted by atomic mass is 19.4. The summed E-state index contributed by atoms with van der Waals surface area (Å²) in [5.74, 6) is 0.285. The molecule has 0 bridgehead atoms. The third-order valence-corrected chi connectivity index (χ3v) is 1.90. The van der Waals surface area contributed by atoms with Crippen LogP contribution in [0.3, 0.4) is 0 Å². The average Bonchev–Trinajstić information content (AvgIpc) is 2.65. The van der Waals surface area contributed by atoms with Crippen molar-refractivity contribution < 1.29 is 22.4 Å². The summed E-state index contributed by atoms with van der Waals surface area (Å²) >= 11 is 0. The zero-order valence-corrected chi connectivity index (χ0v) is 9.33. The van der Waals surface area contributed by atoms with Gasteiger partial charge in [-0.3, -0.25) is 0 Å². The van der Waals surface area contributed by atoms with Crippen LogP contribution in [0.15, 0.2) is 4.52 Å². The van der Waals surface area contributed by atoms with Gasteiger partial charge >= 0.3 is 6.18 Å². The average molecular weight is 253 g/mol. The Morgan fingerprint density at radius 3 is 2.76 bits per heavy atom. The number of rotatable bonds is 6. The molecule has 0 aromatic carbocycles. The van der Waals surface area contributed by atoms with Gasteiger partial charge in [0.1, 0.15) is 13.2 Å².